The van der Waals surface area contributed by atoms with E-state index in [0.717, 1.165) is 11.3 Å². The lowest BCUT2D eigenvalue weighted by Crippen LogP contribution is -2.18. The van der Waals surface area contributed by atoms with Crippen LogP contribution in [0.1, 0.15) is 44.1 Å². The fourth-order valence-corrected chi connectivity index (χ4v) is 3.99. The second kappa shape index (κ2) is 10.5. The fraction of sp³-hybridized carbons (Fsp3) is 0.409. The van der Waals surface area contributed by atoms with Crippen LogP contribution in [0.5, 0.6) is 0 Å². The Morgan fingerprint density at radius 3 is 2.14 bits per heavy atom. The first-order chi connectivity index (χ1) is 13.6. The molecular formula is C22H26F2N2OS. The van der Waals surface area contributed by atoms with Crippen molar-refractivity contribution in [3.05, 3.63) is 54.1 Å². The summed E-state index contributed by atoms with van der Waals surface area (Å²) in [6.45, 7) is 0. The molecule has 0 unspecified atom stereocenters. The van der Waals surface area contributed by atoms with Crippen molar-refractivity contribution in [3.63, 3.8) is 0 Å². The van der Waals surface area contributed by atoms with E-state index in [1.165, 1.54) is 38.5 Å². The summed E-state index contributed by atoms with van der Waals surface area (Å²) in [6.07, 6.45) is 7.96. The number of thioether (sulfide) groups is 1. The number of halogens is 2. The summed E-state index contributed by atoms with van der Waals surface area (Å²) in [7, 11) is 0. The quantitative estimate of drug-likeness (QED) is 0.419. The van der Waals surface area contributed by atoms with E-state index in [-0.39, 0.29) is 12.3 Å². The van der Waals surface area contributed by atoms with Crippen LogP contribution in [0, 0.1) is 0 Å². The minimum atomic E-state index is -2.44. The van der Waals surface area contributed by atoms with Crippen LogP contribution in [0.4, 0.5) is 20.2 Å². The zero-order valence-corrected chi connectivity index (χ0v) is 16.6. The van der Waals surface area contributed by atoms with Crippen LogP contribution in [0.3, 0.4) is 0 Å². The average Bonchev–Trinajstić information content (AvgIpc) is 2.93. The van der Waals surface area contributed by atoms with E-state index in [1.807, 2.05) is 24.3 Å². The lowest BCUT2D eigenvalue weighted by molar-refractivity contribution is -0.115. The maximum absolute atomic E-state index is 12.3. The van der Waals surface area contributed by atoms with Crippen LogP contribution in [0.25, 0.3) is 0 Å². The minimum absolute atomic E-state index is 0.126. The number of carbonyl (C=O) groups is 1. The molecule has 2 aromatic carbocycles. The van der Waals surface area contributed by atoms with Gasteiger partial charge in [0.2, 0.25) is 5.91 Å². The van der Waals surface area contributed by atoms with Gasteiger partial charge >= 0.3 is 0 Å². The third kappa shape index (κ3) is 6.82. The molecule has 0 spiro atoms. The highest BCUT2D eigenvalue weighted by molar-refractivity contribution is 7.99. The topological polar surface area (TPSA) is 41.1 Å². The molecule has 1 fully saturated rings. The predicted molar refractivity (Wildman–Crippen MR) is 112 cm³/mol. The second-order valence-corrected chi connectivity index (χ2v) is 8.22. The van der Waals surface area contributed by atoms with E-state index in [4.69, 9.17) is 0 Å². The van der Waals surface area contributed by atoms with Crippen molar-refractivity contribution < 1.29 is 13.6 Å². The lowest BCUT2D eigenvalue weighted by atomic mass is 10.1. The molecule has 6 heteroatoms. The van der Waals surface area contributed by atoms with Crippen LogP contribution in [0.2, 0.25) is 0 Å². The summed E-state index contributed by atoms with van der Waals surface area (Å²) in [5.41, 5.74) is 2.65. The van der Waals surface area contributed by atoms with Crippen LogP contribution in [0.15, 0.2) is 53.4 Å². The highest BCUT2D eigenvalue weighted by Gasteiger charge is 2.12. The first-order valence-corrected chi connectivity index (χ1v) is 10.7. The molecule has 0 aromatic heterocycles. The van der Waals surface area contributed by atoms with Crippen molar-refractivity contribution in [1.29, 1.82) is 0 Å². The van der Waals surface area contributed by atoms with Crippen molar-refractivity contribution >= 4 is 29.0 Å². The van der Waals surface area contributed by atoms with Gasteiger partial charge in [-0.2, -0.15) is 8.78 Å². The van der Waals surface area contributed by atoms with Gasteiger partial charge in [0.25, 0.3) is 5.76 Å². The highest BCUT2D eigenvalue weighted by Crippen LogP contribution is 2.26. The molecule has 1 aliphatic rings. The Kier molecular flexibility index (Phi) is 7.71. The Hall–Kier alpha value is -2.08. The number of alkyl halides is 2. The molecule has 3 rings (SSSR count). The van der Waals surface area contributed by atoms with E-state index < -0.39 is 5.76 Å². The van der Waals surface area contributed by atoms with Crippen LogP contribution in [-0.4, -0.2) is 17.7 Å². The lowest BCUT2D eigenvalue weighted by Gasteiger charge is -2.17. The standard InChI is InChI=1S/C22H26F2N2OS/c23-22(24)28-20-13-11-19(12-14-20)26-21(27)15-16-7-9-18(10-8-16)25-17-5-3-1-2-4-6-17/h7-14,17,22,25H,1-6,15H2,(H,26,27). The summed E-state index contributed by atoms with van der Waals surface area (Å²) in [5, 5.41) is 6.41. The van der Waals surface area contributed by atoms with Gasteiger partial charge in [0.15, 0.2) is 0 Å². The van der Waals surface area contributed by atoms with Gasteiger partial charge in [0.1, 0.15) is 0 Å². The molecule has 0 atom stereocenters. The van der Waals surface area contributed by atoms with E-state index >= 15 is 0 Å². The Labute approximate surface area is 169 Å². The van der Waals surface area contributed by atoms with Gasteiger partial charge in [0.05, 0.1) is 6.42 Å². The molecule has 0 bridgehead atoms. The maximum atomic E-state index is 12.3. The molecule has 0 radical (unpaired) electrons. The largest absolute Gasteiger partial charge is 0.382 e. The summed E-state index contributed by atoms with van der Waals surface area (Å²) < 4.78 is 24.7. The Morgan fingerprint density at radius 1 is 0.929 bits per heavy atom. The molecule has 2 N–H and O–H groups in total. The van der Waals surface area contributed by atoms with E-state index in [1.54, 1.807) is 24.3 Å². The highest BCUT2D eigenvalue weighted by atomic mass is 32.2. The molecule has 150 valence electrons. The van der Waals surface area contributed by atoms with Crippen LogP contribution >= 0.6 is 11.8 Å². The first kappa shape index (κ1) is 20.6. The smallest absolute Gasteiger partial charge is 0.288 e. The van der Waals surface area contributed by atoms with Gasteiger partial charge in [-0.1, -0.05) is 49.6 Å². The van der Waals surface area contributed by atoms with E-state index in [9.17, 15) is 13.6 Å². The molecule has 2 aromatic rings. The van der Waals surface area contributed by atoms with Crippen molar-refractivity contribution in [2.45, 2.75) is 61.6 Å². The summed E-state index contributed by atoms with van der Waals surface area (Å²) >= 11 is 0.491. The molecule has 1 amide bonds. The zero-order chi connectivity index (χ0) is 19.8. The number of anilines is 2. The van der Waals surface area contributed by atoms with Gasteiger partial charge < -0.3 is 10.6 Å². The molecule has 28 heavy (non-hydrogen) atoms. The predicted octanol–water partition coefficient (Wildman–Crippen LogP) is 6.32. The van der Waals surface area contributed by atoms with Crippen molar-refractivity contribution in [2.24, 2.45) is 0 Å². The Morgan fingerprint density at radius 2 is 1.54 bits per heavy atom. The molecule has 1 aliphatic carbocycles. The maximum Gasteiger partial charge on any atom is 0.288 e. The van der Waals surface area contributed by atoms with Crippen molar-refractivity contribution in [2.75, 3.05) is 10.6 Å². The first-order valence-electron chi connectivity index (χ1n) is 9.79. The summed E-state index contributed by atoms with van der Waals surface area (Å²) in [6, 6.07) is 15.0. The van der Waals surface area contributed by atoms with Gasteiger partial charge in [-0.3, -0.25) is 4.79 Å². The van der Waals surface area contributed by atoms with Gasteiger partial charge in [-0.05, 0) is 54.8 Å². The average molecular weight is 405 g/mol. The number of benzene rings is 2. The molecule has 0 aliphatic heterocycles. The van der Waals surface area contributed by atoms with Gasteiger partial charge in [-0.15, -0.1) is 0 Å². The molecule has 1 saturated carbocycles. The number of hydrogen-bond acceptors (Lipinski definition) is 3. The van der Waals surface area contributed by atoms with Crippen molar-refractivity contribution in [1.82, 2.24) is 0 Å². The Balaban J connectivity index is 1.48. The van der Waals surface area contributed by atoms with Crippen LogP contribution < -0.4 is 10.6 Å². The van der Waals surface area contributed by atoms with Gasteiger partial charge in [0, 0.05) is 22.3 Å². The zero-order valence-electron chi connectivity index (χ0n) is 15.8. The van der Waals surface area contributed by atoms with Gasteiger partial charge in [-0.25, -0.2) is 0 Å². The fourth-order valence-electron chi connectivity index (χ4n) is 3.49. The number of rotatable bonds is 7. The molecular weight excluding hydrogens is 378 g/mol. The molecule has 0 saturated heterocycles. The minimum Gasteiger partial charge on any atom is -0.382 e. The third-order valence-electron chi connectivity index (χ3n) is 4.91. The van der Waals surface area contributed by atoms with E-state index in [2.05, 4.69) is 10.6 Å². The monoisotopic (exact) mass is 404 g/mol. The van der Waals surface area contributed by atoms with E-state index in [0.29, 0.717) is 28.4 Å². The molecule has 0 heterocycles. The van der Waals surface area contributed by atoms with Crippen LogP contribution in [-0.2, 0) is 11.2 Å². The van der Waals surface area contributed by atoms with Crippen molar-refractivity contribution in [3.8, 4) is 0 Å². The second-order valence-electron chi connectivity index (χ2n) is 7.16. The Bertz CT molecular complexity index is 742. The third-order valence-corrected chi connectivity index (χ3v) is 5.63. The summed E-state index contributed by atoms with van der Waals surface area (Å²) in [5.74, 6) is -2.57. The SMILES string of the molecule is O=C(Cc1ccc(NC2CCCCCC2)cc1)Nc1ccc(SC(F)F)cc1. The number of hydrogen-bond donors (Lipinski definition) is 2. The summed E-state index contributed by atoms with van der Waals surface area (Å²) in [4.78, 5) is 12.7. The number of amides is 1. The number of carbonyl (C=O) groups excluding carboxylic acids is 1. The number of nitrogens with one attached hydrogen (secondary N) is 2. The molecule has 3 nitrogen and oxygen atoms in total. The normalized spacial score (nSPS) is 15.2.